The molecule has 11 nitrogen and oxygen atoms in total. The quantitative estimate of drug-likeness (QED) is 0.288. The SMILES string of the molecule is CC(C)OC(=O)[C@H](C)CP(=O)(OC[C@H]1O[C@@H](N2C=CCC(C(N)=O)=C2)[C@H](O)[C@@H]1O)Oc1ccccc1. The van der Waals surface area contributed by atoms with Gasteiger partial charge in [0, 0.05) is 18.0 Å². The van der Waals surface area contributed by atoms with E-state index in [2.05, 4.69) is 0 Å². The van der Waals surface area contributed by atoms with Crippen LogP contribution in [0.25, 0.3) is 0 Å². The Bertz CT molecular complexity index is 1030. The minimum atomic E-state index is -3.94. The maximum Gasteiger partial charge on any atom is 0.380 e. The van der Waals surface area contributed by atoms with Crippen molar-refractivity contribution in [1.29, 1.82) is 0 Å². The summed E-state index contributed by atoms with van der Waals surface area (Å²) in [6.07, 6.45) is -0.423. The summed E-state index contributed by atoms with van der Waals surface area (Å²) >= 11 is 0. The molecule has 36 heavy (non-hydrogen) atoms. The second kappa shape index (κ2) is 12.0. The Morgan fingerprint density at radius 1 is 1.19 bits per heavy atom. The first-order chi connectivity index (χ1) is 17.0. The number of ether oxygens (including phenoxy) is 2. The van der Waals surface area contributed by atoms with E-state index < -0.39 is 56.5 Å². The maximum absolute atomic E-state index is 13.7. The monoisotopic (exact) mass is 524 g/mol. The number of para-hydroxylation sites is 1. The number of allylic oxidation sites excluding steroid dienone is 1. The molecule has 0 aliphatic carbocycles. The Labute approximate surface area is 210 Å². The standard InChI is InChI=1S/C24H33N2O9P/c1-15(2)33-24(30)16(3)14-36(31,35-18-9-5-4-6-10-18)32-13-19-20(27)21(28)23(34-19)26-11-7-8-17(12-26)22(25)29/h4-7,9-12,15-16,19-21,23,27-28H,8,13-14H2,1-3H3,(H2,25,29)/t16-,19-,20-,21-,23-,36?/m1/s1. The van der Waals surface area contributed by atoms with Crippen LogP contribution in [0.15, 0.2) is 54.4 Å². The Morgan fingerprint density at radius 2 is 1.89 bits per heavy atom. The second-order valence-corrected chi connectivity index (χ2v) is 11.0. The molecule has 0 aromatic heterocycles. The van der Waals surface area contributed by atoms with Gasteiger partial charge in [-0.2, -0.15) is 0 Å². The number of carbonyl (C=O) groups is 2. The smallest absolute Gasteiger partial charge is 0.380 e. The molecular weight excluding hydrogens is 491 g/mol. The van der Waals surface area contributed by atoms with Crippen molar-refractivity contribution in [2.75, 3.05) is 12.8 Å². The van der Waals surface area contributed by atoms with E-state index in [9.17, 15) is 24.4 Å². The number of primary amides is 1. The predicted octanol–water partition coefficient (Wildman–Crippen LogP) is 1.90. The maximum atomic E-state index is 13.7. The van der Waals surface area contributed by atoms with Crippen molar-refractivity contribution < 1.29 is 42.9 Å². The fourth-order valence-electron chi connectivity index (χ4n) is 3.72. The molecule has 2 aliphatic heterocycles. The summed E-state index contributed by atoms with van der Waals surface area (Å²) < 4.78 is 36.0. The van der Waals surface area contributed by atoms with Gasteiger partial charge in [-0.15, -0.1) is 0 Å². The van der Waals surface area contributed by atoms with E-state index in [1.807, 2.05) is 0 Å². The molecular formula is C24H33N2O9P. The lowest BCUT2D eigenvalue weighted by Gasteiger charge is -2.28. The lowest BCUT2D eigenvalue weighted by molar-refractivity contribution is -0.151. The van der Waals surface area contributed by atoms with Crippen molar-refractivity contribution in [3.05, 3.63) is 54.4 Å². The Hall–Kier alpha value is -2.69. The van der Waals surface area contributed by atoms with Gasteiger partial charge in [0.25, 0.3) is 0 Å². The summed E-state index contributed by atoms with van der Waals surface area (Å²) in [7, 11) is -3.94. The number of benzene rings is 1. The van der Waals surface area contributed by atoms with Gasteiger partial charge >= 0.3 is 13.6 Å². The molecule has 1 saturated heterocycles. The van der Waals surface area contributed by atoms with Gasteiger partial charge in [-0.25, -0.2) is 4.57 Å². The normalized spacial score (nSPS) is 26.3. The molecule has 0 spiro atoms. The van der Waals surface area contributed by atoms with Crippen LogP contribution < -0.4 is 10.3 Å². The molecule has 1 aromatic rings. The summed E-state index contributed by atoms with van der Waals surface area (Å²) in [5.74, 6) is -1.68. The molecule has 12 heteroatoms. The molecule has 2 aliphatic rings. The van der Waals surface area contributed by atoms with Crippen molar-refractivity contribution >= 4 is 19.5 Å². The van der Waals surface area contributed by atoms with Crippen LogP contribution in [-0.2, 0) is 28.2 Å². The highest BCUT2D eigenvalue weighted by molar-refractivity contribution is 7.54. The first-order valence-corrected chi connectivity index (χ1v) is 13.4. The molecule has 198 valence electrons. The number of nitrogens with two attached hydrogens (primary N) is 1. The number of hydrogen-bond acceptors (Lipinski definition) is 10. The number of esters is 1. The van der Waals surface area contributed by atoms with Gasteiger partial charge in [0.1, 0.15) is 24.1 Å². The second-order valence-electron chi connectivity index (χ2n) is 8.98. The molecule has 0 bridgehead atoms. The molecule has 1 aromatic carbocycles. The largest absolute Gasteiger partial charge is 0.463 e. The van der Waals surface area contributed by atoms with Gasteiger partial charge in [0.2, 0.25) is 5.91 Å². The topological polar surface area (TPSA) is 158 Å². The highest BCUT2D eigenvalue weighted by Crippen LogP contribution is 2.50. The minimum absolute atomic E-state index is 0.276. The van der Waals surface area contributed by atoms with E-state index in [1.165, 1.54) is 11.1 Å². The summed E-state index contributed by atoms with van der Waals surface area (Å²) in [6, 6.07) is 8.35. The zero-order valence-electron chi connectivity index (χ0n) is 20.4. The third kappa shape index (κ3) is 7.18. The third-order valence-corrected chi connectivity index (χ3v) is 7.57. The summed E-state index contributed by atoms with van der Waals surface area (Å²) in [4.78, 5) is 25.3. The molecule has 0 radical (unpaired) electrons. The summed E-state index contributed by atoms with van der Waals surface area (Å²) in [5.41, 5.74) is 5.66. The number of amides is 1. The van der Waals surface area contributed by atoms with Gasteiger partial charge in [0.05, 0.1) is 24.8 Å². The number of carbonyl (C=O) groups excluding carboxylic acids is 2. The van der Waals surface area contributed by atoms with Crippen molar-refractivity contribution in [2.45, 2.75) is 57.8 Å². The van der Waals surface area contributed by atoms with E-state index in [-0.39, 0.29) is 18.0 Å². The molecule has 2 heterocycles. The highest BCUT2D eigenvalue weighted by atomic mass is 31.2. The molecule has 6 atom stereocenters. The predicted molar refractivity (Wildman–Crippen MR) is 129 cm³/mol. The molecule has 1 amide bonds. The van der Waals surface area contributed by atoms with E-state index in [0.29, 0.717) is 12.0 Å². The molecule has 4 N–H and O–H groups in total. The van der Waals surface area contributed by atoms with E-state index in [4.69, 9.17) is 24.3 Å². The van der Waals surface area contributed by atoms with Crippen LogP contribution in [0.4, 0.5) is 0 Å². The average molecular weight is 525 g/mol. The zero-order chi connectivity index (χ0) is 26.5. The highest BCUT2D eigenvalue weighted by Gasteiger charge is 2.46. The van der Waals surface area contributed by atoms with E-state index in [1.54, 1.807) is 63.4 Å². The van der Waals surface area contributed by atoms with Gasteiger partial charge in [-0.1, -0.05) is 31.2 Å². The van der Waals surface area contributed by atoms with Gasteiger partial charge in [-0.3, -0.25) is 14.1 Å². The summed E-state index contributed by atoms with van der Waals surface area (Å²) in [5, 5.41) is 21.1. The first kappa shape index (κ1) is 27.9. The van der Waals surface area contributed by atoms with Crippen molar-refractivity contribution in [2.24, 2.45) is 11.7 Å². The van der Waals surface area contributed by atoms with Crippen LogP contribution in [0, 0.1) is 5.92 Å². The zero-order valence-corrected chi connectivity index (χ0v) is 21.3. The average Bonchev–Trinajstić information content (AvgIpc) is 3.11. The Kier molecular flexibility index (Phi) is 9.32. The van der Waals surface area contributed by atoms with Crippen LogP contribution in [-0.4, -0.2) is 70.4 Å². The fraction of sp³-hybridized carbons (Fsp3) is 0.500. The molecule has 1 fully saturated rings. The lowest BCUT2D eigenvalue weighted by Crippen LogP contribution is -2.40. The van der Waals surface area contributed by atoms with Gasteiger partial charge < -0.3 is 34.8 Å². The number of rotatable bonds is 11. The number of hydrogen-bond donors (Lipinski definition) is 3. The number of aliphatic hydroxyl groups excluding tert-OH is 2. The fourth-order valence-corrected chi connectivity index (χ4v) is 5.59. The van der Waals surface area contributed by atoms with Gasteiger partial charge in [0.15, 0.2) is 6.23 Å². The summed E-state index contributed by atoms with van der Waals surface area (Å²) in [6.45, 7) is 4.58. The van der Waals surface area contributed by atoms with Crippen molar-refractivity contribution in [3.8, 4) is 5.75 Å². The molecule has 3 rings (SSSR count). The third-order valence-electron chi connectivity index (χ3n) is 5.54. The van der Waals surface area contributed by atoms with Crippen LogP contribution in [0.5, 0.6) is 5.75 Å². The van der Waals surface area contributed by atoms with Gasteiger partial charge in [-0.05, 0) is 32.4 Å². The van der Waals surface area contributed by atoms with E-state index in [0.717, 1.165) is 0 Å². The minimum Gasteiger partial charge on any atom is -0.463 e. The first-order valence-electron chi connectivity index (χ1n) is 11.6. The molecule has 1 unspecified atom stereocenters. The van der Waals surface area contributed by atoms with Crippen LogP contribution in [0.3, 0.4) is 0 Å². The van der Waals surface area contributed by atoms with Crippen LogP contribution in [0.1, 0.15) is 27.2 Å². The Balaban J connectivity index is 1.72. The molecule has 0 saturated carbocycles. The van der Waals surface area contributed by atoms with Crippen molar-refractivity contribution in [1.82, 2.24) is 4.90 Å². The lowest BCUT2D eigenvalue weighted by atomic mass is 10.1. The number of nitrogens with zero attached hydrogens (tertiary/aromatic N) is 1. The van der Waals surface area contributed by atoms with E-state index >= 15 is 0 Å². The van der Waals surface area contributed by atoms with Crippen LogP contribution in [0.2, 0.25) is 0 Å². The number of aliphatic hydroxyl groups is 2. The van der Waals surface area contributed by atoms with Crippen molar-refractivity contribution in [3.63, 3.8) is 0 Å². The van der Waals surface area contributed by atoms with Crippen LogP contribution >= 0.6 is 7.60 Å². The Morgan fingerprint density at radius 3 is 2.53 bits per heavy atom.